The van der Waals surface area contributed by atoms with Crippen molar-refractivity contribution in [2.24, 2.45) is 35.0 Å². The zero-order valence-electron chi connectivity index (χ0n) is 37.0. The number of hydrogen-bond acceptors (Lipinski definition) is 3. The fourth-order valence-corrected chi connectivity index (χ4v) is 13.0. The number of hydrogen-bond donors (Lipinski definition) is 0. The van der Waals surface area contributed by atoms with Gasteiger partial charge in [0, 0.05) is 0 Å². The van der Waals surface area contributed by atoms with Gasteiger partial charge >= 0.3 is 0 Å². The predicted molar refractivity (Wildman–Crippen MR) is 252 cm³/mol. The fraction of sp³-hybridized carbons (Fsp3) is 0.448. The van der Waals surface area contributed by atoms with E-state index in [1.165, 1.54) is 95.2 Å². The van der Waals surface area contributed by atoms with E-state index in [1.807, 2.05) is 0 Å². The van der Waals surface area contributed by atoms with E-state index in [0.29, 0.717) is 41.8 Å². The Morgan fingerprint density at radius 3 is 1.90 bits per heavy atom. The van der Waals surface area contributed by atoms with Crippen LogP contribution in [0.2, 0.25) is 0 Å². The molecule has 2 bridgehead atoms. The quantitative estimate of drug-likeness (QED) is 0.0967. The van der Waals surface area contributed by atoms with Gasteiger partial charge in [0.15, 0.2) is 0 Å². The lowest BCUT2D eigenvalue weighted by atomic mass is 9.54. The molecule has 0 aliphatic heterocycles. The van der Waals surface area contributed by atoms with E-state index in [2.05, 4.69) is 155 Å². The van der Waals surface area contributed by atoms with Gasteiger partial charge in [-0.15, -0.1) is 0 Å². The summed E-state index contributed by atoms with van der Waals surface area (Å²) in [5.74, 6) is 8.35. The van der Waals surface area contributed by atoms with Crippen molar-refractivity contribution in [1.29, 1.82) is 0 Å². The molecular weight excluding hydrogens is 745 g/mol. The highest BCUT2D eigenvalue weighted by atomic mass is 16.5. The topological polar surface area (TPSA) is 27.7 Å². The molecule has 9 atom stereocenters. The molecule has 0 amide bonds. The normalized spacial score (nSPS) is 25.6. The Balaban J connectivity index is 0.819. The molecule has 4 aliphatic rings. The molecule has 10 rings (SSSR count). The highest BCUT2D eigenvalue weighted by Gasteiger charge is 2.65. The second kappa shape index (κ2) is 17.2. The van der Waals surface area contributed by atoms with Crippen LogP contribution in [-0.4, -0.2) is 12.7 Å². The first-order valence-corrected chi connectivity index (χ1v) is 23.9. The summed E-state index contributed by atoms with van der Waals surface area (Å²) in [4.78, 5) is 0. The molecule has 6 aromatic carbocycles. The SMILES string of the molecule is CC(C)COc1ccc(C(C)CC(CC(C)c2ccc(COc3ccc4cc5ccccc5cc4c3)cc2)c2ccc(OC3CC45CCCC6CCCC(C3C4)C65)cc2)cc1. The molecule has 4 saturated carbocycles. The lowest BCUT2D eigenvalue weighted by Crippen LogP contribution is -2.46. The van der Waals surface area contributed by atoms with Gasteiger partial charge in [0.2, 0.25) is 0 Å². The van der Waals surface area contributed by atoms with E-state index in [0.717, 1.165) is 60.4 Å². The monoisotopic (exact) mass is 811 g/mol. The summed E-state index contributed by atoms with van der Waals surface area (Å²) in [6.45, 7) is 10.5. The zero-order valence-corrected chi connectivity index (χ0v) is 37.0. The van der Waals surface area contributed by atoms with Crippen LogP contribution in [0.3, 0.4) is 0 Å². The van der Waals surface area contributed by atoms with E-state index in [9.17, 15) is 0 Å². The molecule has 0 heterocycles. The standard InChI is InChI=1S/C58H66O3/c1-38(2)36-59-51-23-18-43(19-24-51)40(4)30-49(44-20-25-52(26-21-44)61-56-35-58-28-8-12-45-11-7-13-54(57(45)58)55(56)34-58)29-39(3)42-16-14-41(15-17-42)37-60-53-27-22-48-31-46-9-5-6-10-47(46)32-50(48)33-53/h5-6,9-10,14-27,31-33,38-40,45,49,54-57H,7-8,11-13,28-30,34-37H2,1-4H3. The van der Waals surface area contributed by atoms with Crippen LogP contribution in [0.5, 0.6) is 17.2 Å². The van der Waals surface area contributed by atoms with Crippen molar-refractivity contribution in [3.05, 3.63) is 150 Å². The van der Waals surface area contributed by atoms with Crippen LogP contribution in [0.15, 0.2) is 127 Å². The Morgan fingerprint density at radius 2 is 1.18 bits per heavy atom. The lowest BCUT2D eigenvalue weighted by molar-refractivity contribution is -0.0450. The van der Waals surface area contributed by atoms with Crippen molar-refractivity contribution in [2.45, 2.75) is 122 Å². The van der Waals surface area contributed by atoms with Gasteiger partial charge in [0.1, 0.15) is 30.0 Å². The first kappa shape index (κ1) is 40.3. The van der Waals surface area contributed by atoms with Gasteiger partial charge in [0.05, 0.1) is 6.61 Å². The zero-order chi connectivity index (χ0) is 41.5. The van der Waals surface area contributed by atoms with Gasteiger partial charge in [-0.05, 0) is 184 Å². The Morgan fingerprint density at radius 1 is 0.557 bits per heavy atom. The van der Waals surface area contributed by atoms with E-state index < -0.39 is 0 Å². The third-order valence-electron chi connectivity index (χ3n) is 15.9. The summed E-state index contributed by atoms with van der Waals surface area (Å²) in [5, 5.41) is 4.97. The smallest absolute Gasteiger partial charge is 0.120 e. The summed E-state index contributed by atoms with van der Waals surface area (Å²) in [6.07, 6.45) is 14.0. The van der Waals surface area contributed by atoms with Crippen molar-refractivity contribution in [1.82, 2.24) is 0 Å². The second-order valence-electron chi connectivity index (χ2n) is 20.4. The molecule has 0 N–H and O–H groups in total. The summed E-state index contributed by atoms with van der Waals surface area (Å²) in [7, 11) is 0. The minimum absolute atomic E-state index is 0.397. The number of rotatable bonds is 15. The van der Waals surface area contributed by atoms with Gasteiger partial charge in [-0.25, -0.2) is 0 Å². The molecule has 3 nitrogen and oxygen atoms in total. The maximum absolute atomic E-state index is 7.00. The van der Waals surface area contributed by atoms with Gasteiger partial charge in [-0.3, -0.25) is 0 Å². The molecular formula is C58H66O3. The molecule has 4 aliphatic carbocycles. The summed E-state index contributed by atoms with van der Waals surface area (Å²) in [5.41, 5.74) is 5.95. The Hall–Kier alpha value is -4.76. The minimum atomic E-state index is 0.397. The lowest BCUT2D eigenvalue weighted by Gasteiger charge is -2.52. The van der Waals surface area contributed by atoms with Crippen molar-refractivity contribution in [2.75, 3.05) is 6.61 Å². The van der Waals surface area contributed by atoms with Gasteiger partial charge in [-0.1, -0.05) is 132 Å². The highest BCUT2D eigenvalue weighted by molar-refractivity contribution is 5.98. The Kier molecular flexibility index (Phi) is 11.4. The Bertz CT molecular complexity index is 2410. The highest BCUT2D eigenvalue weighted by Crippen LogP contribution is 2.70. The largest absolute Gasteiger partial charge is 0.493 e. The van der Waals surface area contributed by atoms with Crippen LogP contribution in [0, 0.1) is 35.0 Å². The van der Waals surface area contributed by atoms with Crippen LogP contribution in [0.1, 0.15) is 132 Å². The molecule has 0 saturated heterocycles. The molecule has 6 aromatic rings. The fourth-order valence-electron chi connectivity index (χ4n) is 13.0. The van der Waals surface area contributed by atoms with E-state index in [4.69, 9.17) is 14.2 Å². The predicted octanol–water partition coefficient (Wildman–Crippen LogP) is 15.5. The van der Waals surface area contributed by atoms with Crippen LogP contribution in [0.25, 0.3) is 21.5 Å². The van der Waals surface area contributed by atoms with Crippen molar-refractivity contribution in [3.8, 4) is 17.2 Å². The summed E-state index contributed by atoms with van der Waals surface area (Å²) in [6, 6.07) is 46.9. The molecule has 4 fully saturated rings. The third-order valence-corrected chi connectivity index (χ3v) is 15.9. The molecule has 0 radical (unpaired) electrons. The van der Waals surface area contributed by atoms with Gasteiger partial charge in [-0.2, -0.15) is 0 Å². The van der Waals surface area contributed by atoms with E-state index >= 15 is 0 Å². The van der Waals surface area contributed by atoms with Crippen molar-refractivity contribution < 1.29 is 14.2 Å². The van der Waals surface area contributed by atoms with Crippen molar-refractivity contribution in [3.63, 3.8) is 0 Å². The van der Waals surface area contributed by atoms with Gasteiger partial charge in [0.25, 0.3) is 0 Å². The molecule has 9 unspecified atom stereocenters. The van der Waals surface area contributed by atoms with E-state index in [-0.39, 0.29) is 0 Å². The molecule has 3 heteroatoms. The first-order valence-electron chi connectivity index (χ1n) is 23.9. The molecule has 1 spiro atoms. The molecule has 61 heavy (non-hydrogen) atoms. The minimum Gasteiger partial charge on any atom is -0.493 e. The maximum Gasteiger partial charge on any atom is 0.120 e. The first-order chi connectivity index (χ1) is 29.8. The van der Waals surface area contributed by atoms with E-state index in [1.54, 1.807) is 0 Å². The van der Waals surface area contributed by atoms with Crippen LogP contribution >= 0.6 is 0 Å². The molecule has 316 valence electrons. The van der Waals surface area contributed by atoms with Gasteiger partial charge < -0.3 is 14.2 Å². The van der Waals surface area contributed by atoms with Crippen molar-refractivity contribution >= 4 is 21.5 Å². The average Bonchev–Trinajstić information content (AvgIpc) is 3.81. The average molecular weight is 811 g/mol. The number of ether oxygens (including phenoxy) is 3. The third kappa shape index (κ3) is 8.44. The Labute approximate surface area is 365 Å². The second-order valence-corrected chi connectivity index (χ2v) is 20.4. The van der Waals surface area contributed by atoms with Crippen LogP contribution in [0.4, 0.5) is 0 Å². The maximum atomic E-state index is 7.00. The summed E-state index contributed by atoms with van der Waals surface area (Å²) >= 11 is 0. The van der Waals surface area contributed by atoms with Crippen LogP contribution < -0.4 is 14.2 Å². The summed E-state index contributed by atoms with van der Waals surface area (Å²) < 4.78 is 19.4. The molecule has 0 aromatic heterocycles. The van der Waals surface area contributed by atoms with Crippen LogP contribution in [-0.2, 0) is 6.61 Å². The number of fused-ring (bicyclic) bond motifs is 4. The number of benzene rings is 6.